The molecule has 0 aromatic heterocycles. The van der Waals surface area contributed by atoms with E-state index in [1.54, 1.807) is 25.1 Å². The molecule has 4 N–H and O–H groups in total. The van der Waals surface area contributed by atoms with Crippen LogP contribution in [0, 0.1) is 23.7 Å². The van der Waals surface area contributed by atoms with Crippen molar-refractivity contribution in [2.24, 2.45) is 29.4 Å². The van der Waals surface area contributed by atoms with Crippen molar-refractivity contribution >= 4 is 46.8 Å². The van der Waals surface area contributed by atoms with Crippen molar-refractivity contribution < 1.29 is 43.7 Å². The zero-order valence-corrected chi connectivity index (χ0v) is 24.4. The second kappa shape index (κ2) is 11.4. The van der Waals surface area contributed by atoms with Crippen LogP contribution in [0.2, 0.25) is 0 Å². The number of hydrogen-bond donors (Lipinski definition) is 3. The monoisotopic (exact) mass is 583 g/mol. The summed E-state index contributed by atoms with van der Waals surface area (Å²) in [6, 6.07) is 0.449. The molecule has 226 valence electrons. The Morgan fingerprint density at radius 3 is 2.38 bits per heavy atom. The van der Waals surface area contributed by atoms with Gasteiger partial charge in [0.15, 0.2) is 34.7 Å². The highest BCUT2D eigenvalue weighted by atomic mass is 16.5. The number of unbranched alkanes of at least 4 members (excludes halogenated alkanes) is 1. The number of primary amides is 1. The number of aliphatic hydroxyl groups is 1. The van der Waals surface area contributed by atoms with Crippen LogP contribution in [0.4, 0.5) is 5.69 Å². The molecule has 0 saturated heterocycles. The fourth-order valence-electron chi connectivity index (χ4n) is 6.72. The van der Waals surface area contributed by atoms with Crippen LogP contribution in [0.3, 0.4) is 0 Å². The summed E-state index contributed by atoms with van der Waals surface area (Å²) >= 11 is 0. The fraction of sp³-hybridized carbons (Fsp3) is 0.533. The average Bonchev–Trinajstić information content (AvgIpc) is 2.89. The molecule has 0 bridgehead atoms. The first-order chi connectivity index (χ1) is 19.7. The molecule has 3 aliphatic carbocycles. The van der Waals surface area contributed by atoms with Crippen LogP contribution in [-0.4, -0.2) is 96.6 Å². The van der Waals surface area contributed by atoms with Crippen LogP contribution in [0.5, 0.6) is 5.75 Å². The number of phenolic OH excluding ortho intramolecular Hbond substituents is 1. The van der Waals surface area contributed by atoms with Gasteiger partial charge in [0.05, 0.1) is 24.1 Å². The van der Waals surface area contributed by atoms with E-state index in [9.17, 15) is 39.0 Å². The predicted molar refractivity (Wildman–Crippen MR) is 151 cm³/mol. The molecule has 0 heterocycles. The van der Waals surface area contributed by atoms with Gasteiger partial charge in [-0.15, -0.1) is 0 Å². The van der Waals surface area contributed by atoms with Crippen LogP contribution < -0.4 is 10.6 Å². The number of Topliss-reactive ketones (excluding diaryl/α,β-unsaturated/α-hetero) is 4. The van der Waals surface area contributed by atoms with E-state index < -0.39 is 76.1 Å². The molecule has 2 saturated carbocycles. The number of ether oxygens (including phenoxy) is 1. The van der Waals surface area contributed by atoms with Crippen molar-refractivity contribution in [2.45, 2.75) is 44.2 Å². The van der Waals surface area contributed by atoms with Crippen LogP contribution in [0.25, 0.3) is 6.08 Å². The normalized spacial score (nSPS) is 28.9. The van der Waals surface area contributed by atoms with Gasteiger partial charge < -0.3 is 25.6 Å². The zero-order chi connectivity index (χ0) is 31.3. The molecule has 2 fully saturated rings. The van der Waals surface area contributed by atoms with Crippen molar-refractivity contribution in [1.82, 2.24) is 4.90 Å². The predicted octanol–water partition coefficient (Wildman–Crippen LogP) is 0.290. The molecule has 0 aliphatic heterocycles. The third-order valence-corrected chi connectivity index (χ3v) is 8.69. The van der Waals surface area contributed by atoms with E-state index in [1.807, 2.05) is 6.92 Å². The summed E-state index contributed by atoms with van der Waals surface area (Å²) in [5, 5.41) is 23.0. The molecule has 1 aromatic carbocycles. The summed E-state index contributed by atoms with van der Waals surface area (Å²) in [4.78, 5) is 82.1. The number of likely N-dealkylation sites (N-methyl/N-ethyl adjacent to an activating group) is 1. The van der Waals surface area contributed by atoms with Gasteiger partial charge in [0.25, 0.3) is 0 Å². The summed E-state index contributed by atoms with van der Waals surface area (Å²) < 4.78 is 5.12. The van der Waals surface area contributed by atoms with Gasteiger partial charge in [0, 0.05) is 37.3 Å². The molecule has 0 spiro atoms. The Bertz CT molecular complexity index is 1400. The number of rotatable bonds is 8. The molecule has 4 rings (SSSR count). The van der Waals surface area contributed by atoms with Crippen molar-refractivity contribution in [3.05, 3.63) is 28.8 Å². The first-order valence-corrected chi connectivity index (χ1v) is 13.9. The number of fused-ring (bicyclic) bond motifs is 3. The number of ketones is 4. The third kappa shape index (κ3) is 4.82. The van der Waals surface area contributed by atoms with Gasteiger partial charge in [-0.1, -0.05) is 13.3 Å². The van der Waals surface area contributed by atoms with Crippen molar-refractivity contribution in [3.63, 3.8) is 0 Å². The number of nitrogens with two attached hydrogens (primary N) is 1. The lowest BCUT2D eigenvalue weighted by Crippen LogP contribution is -2.74. The summed E-state index contributed by atoms with van der Waals surface area (Å²) in [5.74, 6) is -11.8. The number of nitrogens with zero attached hydrogens (tertiary/aromatic N) is 2. The van der Waals surface area contributed by atoms with Gasteiger partial charge in [0.1, 0.15) is 5.75 Å². The first kappa shape index (κ1) is 31.0. The molecule has 12 nitrogen and oxygen atoms in total. The maximum Gasteiger partial charge on any atom is 0.330 e. The second-order valence-corrected chi connectivity index (χ2v) is 11.7. The Kier molecular flexibility index (Phi) is 8.43. The quantitative estimate of drug-likeness (QED) is 0.165. The van der Waals surface area contributed by atoms with E-state index in [4.69, 9.17) is 10.5 Å². The van der Waals surface area contributed by atoms with Gasteiger partial charge in [0.2, 0.25) is 5.91 Å². The van der Waals surface area contributed by atoms with E-state index in [-0.39, 0.29) is 30.6 Å². The van der Waals surface area contributed by atoms with Crippen LogP contribution in [-0.2, 0) is 35.1 Å². The van der Waals surface area contributed by atoms with E-state index >= 15 is 0 Å². The Hall–Kier alpha value is -3.90. The lowest BCUT2D eigenvalue weighted by molar-refractivity contribution is -0.181. The lowest BCUT2D eigenvalue weighted by Gasteiger charge is -2.52. The van der Waals surface area contributed by atoms with Crippen LogP contribution in [0.1, 0.15) is 47.7 Å². The van der Waals surface area contributed by atoms with Crippen molar-refractivity contribution in [1.29, 1.82) is 0 Å². The number of aromatic hydroxyl groups is 1. The first-order valence-electron chi connectivity index (χ1n) is 13.9. The SMILES string of the molecule is CCCCOC(=O)/C=C/c1cc(N(C)C)c2c(c1O)C(=O)C1C(=O)C3(O)C(=O)C(C(N)=O)C(=O)C(N(C)C)C3CC1C2. The Morgan fingerprint density at radius 1 is 1.14 bits per heavy atom. The summed E-state index contributed by atoms with van der Waals surface area (Å²) in [5.41, 5.74) is 3.59. The molecule has 12 heteroatoms. The highest BCUT2D eigenvalue weighted by molar-refractivity contribution is 6.32. The number of amides is 1. The topological polar surface area (TPSA) is 185 Å². The standard InChI is InChI=1S/C30H37N3O9/c1-6-7-10-42-19(34)9-8-14-13-18(32(2)3)16-11-15-12-17-23(33(4)5)26(37)22(29(31)40)28(39)30(17,41)27(38)20(15)25(36)21(16)24(14)35/h8-9,13,15,17,20,22-23,35,41H,6-7,10-12H2,1-5H3,(H2,31,40)/b9-8+. The zero-order valence-electron chi connectivity index (χ0n) is 24.4. The van der Waals surface area contributed by atoms with Crippen molar-refractivity contribution in [3.8, 4) is 5.75 Å². The number of esters is 1. The van der Waals surface area contributed by atoms with Gasteiger partial charge >= 0.3 is 5.97 Å². The van der Waals surface area contributed by atoms with E-state index in [0.29, 0.717) is 17.7 Å². The number of hydrogen-bond acceptors (Lipinski definition) is 11. The average molecular weight is 584 g/mol. The second-order valence-electron chi connectivity index (χ2n) is 11.7. The number of benzene rings is 1. The van der Waals surface area contributed by atoms with Crippen LogP contribution >= 0.6 is 0 Å². The minimum absolute atomic E-state index is 0.0389. The smallest absolute Gasteiger partial charge is 0.330 e. The summed E-state index contributed by atoms with van der Waals surface area (Å²) in [6.45, 7) is 2.19. The number of phenols is 1. The van der Waals surface area contributed by atoms with Gasteiger partial charge in [-0.25, -0.2) is 4.79 Å². The van der Waals surface area contributed by atoms with Crippen LogP contribution in [0.15, 0.2) is 12.1 Å². The van der Waals surface area contributed by atoms with E-state index in [1.165, 1.54) is 25.1 Å². The minimum Gasteiger partial charge on any atom is -0.507 e. The molecule has 1 amide bonds. The Labute approximate surface area is 243 Å². The lowest BCUT2D eigenvalue weighted by atomic mass is 9.52. The maximum absolute atomic E-state index is 14.0. The maximum atomic E-state index is 14.0. The molecule has 6 unspecified atom stereocenters. The molecular weight excluding hydrogens is 546 g/mol. The third-order valence-electron chi connectivity index (χ3n) is 8.69. The molecule has 6 atom stereocenters. The fourth-order valence-corrected chi connectivity index (χ4v) is 6.72. The number of carbonyl (C=O) groups is 6. The molecule has 1 aromatic rings. The van der Waals surface area contributed by atoms with Gasteiger partial charge in [-0.3, -0.25) is 28.9 Å². The highest BCUT2D eigenvalue weighted by Gasteiger charge is 2.69. The number of anilines is 1. The Morgan fingerprint density at radius 2 is 1.81 bits per heavy atom. The molecule has 3 aliphatic rings. The van der Waals surface area contributed by atoms with Gasteiger partial charge in [-0.05, 0) is 57.0 Å². The van der Waals surface area contributed by atoms with E-state index in [0.717, 1.165) is 12.5 Å². The Balaban J connectivity index is 1.81. The minimum atomic E-state index is -2.80. The molecule has 0 radical (unpaired) electrons. The van der Waals surface area contributed by atoms with Gasteiger partial charge in [-0.2, -0.15) is 0 Å². The van der Waals surface area contributed by atoms with E-state index in [2.05, 4.69) is 0 Å². The van der Waals surface area contributed by atoms with Crippen molar-refractivity contribution in [2.75, 3.05) is 39.7 Å². The molecular formula is C30H37N3O9. The number of carbonyl (C=O) groups excluding carboxylic acids is 6. The summed E-state index contributed by atoms with van der Waals surface area (Å²) in [7, 11) is 6.55. The largest absolute Gasteiger partial charge is 0.507 e. The summed E-state index contributed by atoms with van der Waals surface area (Å²) in [6.07, 6.45) is 4.08. The highest BCUT2D eigenvalue weighted by Crippen LogP contribution is 2.52. The molecule has 42 heavy (non-hydrogen) atoms.